The second-order valence-electron chi connectivity index (χ2n) is 7.82. The zero-order valence-corrected chi connectivity index (χ0v) is 21.2. The van der Waals surface area contributed by atoms with E-state index in [0.717, 1.165) is 27.4 Å². The first-order valence-electron chi connectivity index (χ1n) is 11.7. The van der Waals surface area contributed by atoms with Gasteiger partial charge in [0.05, 0.1) is 65.7 Å². The zero-order chi connectivity index (χ0) is 28.2. The number of allylic oxidation sites excluding steroid dienone is 4. The van der Waals surface area contributed by atoms with Crippen LogP contribution in [0.5, 0.6) is 0 Å². The van der Waals surface area contributed by atoms with Gasteiger partial charge < -0.3 is 9.47 Å². The lowest BCUT2D eigenvalue weighted by Gasteiger charge is -2.13. The molecule has 0 aliphatic heterocycles. The predicted octanol–water partition coefficient (Wildman–Crippen LogP) is -1.87. The Balaban J connectivity index is 1.98. The minimum Gasteiger partial charge on any atom is -0.377 e. The molecule has 0 fully saturated rings. The Bertz CT molecular complexity index is 1320. The van der Waals surface area contributed by atoms with E-state index in [1.54, 1.807) is 0 Å². The van der Waals surface area contributed by atoms with Crippen molar-refractivity contribution in [2.45, 2.75) is 39.3 Å². The summed E-state index contributed by atoms with van der Waals surface area (Å²) < 4.78 is 16.2. The van der Waals surface area contributed by atoms with Gasteiger partial charge in [-0.1, -0.05) is 24.3 Å². The highest BCUT2D eigenvalue weighted by molar-refractivity contribution is 4.86. The molecule has 0 saturated carbocycles. The van der Waals surface area contributed by atoms with E-state index in [4.69, 9.17) is 9.47 Å². The third-order valence-corrected chi connectivity index (χ3v) is 5.31. The molecule has 0 unspecified atom stereocenters. The summed E-state index contributed by atoms with van der Waals surface area (Å²) >= 11 is 0. The number of hydrogen-bond donors (Lipinski definition) is 0. The Morgan fingerprint density at radius 3 is 0.895 bits per heavy atom. The van der Waals surface area contributed by atoms with E-state index >= 15 is 0 Å². The Labute approximate surface area is 216 Å². The van der Waals surface area contributed by atoms with Gasteiger partial charge in [-0.05, 0) is 0 Å². The monoisotopic (exact) mass is 532 g/mol. The van der Waals surface area contributed by atoms with Gasteiger partial charge in [0, 0.05) is 0 Å². The Morgan fingerprint density at radius 2 is 0.658 bits per heavy atom. The molecule has 206 valence electrons. The normalized spacial score (nSPS) is 10.8. The molecule has 0 bridgehead atoms. The van der Waals surface area contributed by atoms with Crippen molar-refractivity contribution in [2.24, 2.45) is 0 Å². The average Bonchev–Trinajstić information content (AvgIpc) is 2.89. The Kier molecular flexibility index (Phi) is 11.4. The first-order chi connectivity index (χ1) is 18.2. The van der Waals surface area contributed by atoms with E-state index in [2.05, 4.69) is 26.3 Å². The van der Waals surface area contributed by atoms with Gasteiger partial charge in [-0.15, -0.1) is 26.3 Å². The quantitative estimate of drug-likeness (QED) is 0.170. The number of aromatic nitrogens is 6. The maximum Gasteiger partial charge on any atom is 0.336 e. The predicted molar refractivity (Wildman–Crippen MR) is 141 cm³/mol. The van der Waals surface area contributed by atoms with Crippen LogP contribution in [0.2, 0.25) is 0 Å². The van der Waals surface area contributed by atoms with Crippen LogP contribution in [0.3, 0.4) is 0 Å². The van der Waals surface area contributed by atoms with Crippen LogP contribution in [0.25, 0.3) is 0 Å². The lowest BCUT2D eigenvalue weighted by atomic mass is 10.5. The van der Waals surface area contributed by atoms with Crippen molar-refractivity contribution >= 4 is 0 Å². The first-order valence-corrected chi connectivity index (χ1v) is 11.7. The topological polar surface area (TPSA) is 150 Å². The summed E-state index contributed by atoms with van der Waals surface area (Å²) in [7, 11) is 0. The van der Waals surface area contributed by atoms with Crippen molar-refractivity contribution < 1.29 is 9.47 Å². The van der Waals surface area contributed by atoms with E-state index < -0.39 is 34.1 Å². The van der Waals surface area contributed by atoms with Crippen LogP contribution >= 0.6 is 0 Å². The second-order valence-corrected chi connectivity index (χ2v) is 7.82. The van der Waals surface area contributed by atoms with Gasteiger partial charge in [0.15, 0.2) is 0 Å². The maximum atomic E-state index is 12.6. The van der Waals surface area contributed by atoms with Crippen LogP contribution in [0, 0.1) is 0 Å². The molecule has 0 aliphatic rings. The molecule has 14 heteroatoms. The van der Waals surface area contributed by atoms with E-state index in [9.17, 15) is 28.8 Å². The molecule has 2 heterocycles. The van der Waals surface area contributed by atoms with Crippen LogP contribution in [0.1, 0.15) is 0 Å². The van der Waals surface area contributed by atoms with Crippen LogP contribution in [-0.4, -0.2) is 53.8 Å². The molecule has 0 atom stereocenters. The largest absolute Gasteiger partial charge is 0.377 e. The van der Waals surface area contributed by atoms with Gasteiger partial charge in [-0.3, -0.25) is 0 Å². The molecule has 0 amide bonds. The third kappa shape index (κ3) is 6.72. The smallest absolute Gasteiger partial charge is 0.336 e. The standard InChI is InChI=1S/C24H32N6O8/c1-5-9-25-19(31)26(10-6-2)22(34)29(21(25)33)13-15-37-17-18-38-16-14-30-23(35)27(11-7-3)20(32)28(12-8-4)24(30)36/h5-8H,1-4,9-18H2. The number of rotatable bonds is 17. The van der Waals surface area contributed by atoms with Gasteiger partial charge in [0.2, 0.25) is 0 Å². The molecule has 0 saturated heterocycles. The van der Waals surface area contributed by atoms with Crippen LogP contribution in [-0.2, 0) is 48.7 Å². The minimum absolute atomic E-state index is 0.0167. The fourth-order valence-corrected chi connectivity index (χ4v) is 3.52. The van der Waals surface area contributed by atoms with E-state index in [1.165, 1.54) is 24.3 Å². The van der Waals surface area contributed by atoms with Gasteiger partial charge >= 0.3 is 34.1 Å². The SMILES string of the molecule is C=CCn1c(=O)n(CC=C)c(=O)n(CCOCCOCCn2c(=O)n(CC=C)c(=O)n(CC=C)c2=O)c1=O. The summed E-state index contributed by atoms with van der Waals surface area (Å²) in [6.07, 6.45) is 5.50. The fraction of sp³-hybridized carbons (Fsp3) is 0.417. The summed E-state index contributed by atoms with van der Waals surface area (Å²) in [4.78, 5) is 75.1. The second kappa shape index (κ2) is 14.4. The summed E-state index contributed by atoms with van der Waals surface area (Å²) in [5.74, 6) is 0. The zero-order valence-electron chi connectivity index (χ0n) is 21.2. The molecule has 14 nitrogen and oxygen atoms in total. The molecule has 38 heavy (non-hydrogen) atoms. The van der Waals surface area contributed by atoms with Gasteiger partial charge in [0.25, 0.3) is 0 Å². The minimum atomic E-state index is -0.773. The van der Waals surface area contributed by atoms with Crippen LogP contribution < -0.4 is 34.1 Å². The first kappa shape index (κ1) is 29.9. The highest BCUT2D eigenvalue weighted by atomic mass is 16.5. The van der Waals surface area contributed by atoms with Crippen molar-refractivity contribution in [3.05, 3.63) is 114 Å². The molecule has 0 aromatic carbocycles. The number of nitrogens with zero attached hydrogens (tertiary/aromatic N) is 6. The van der Waals surface area contributed by atoms with Gasteiger partial charge in [0.1, 0.15) is 0 Å². The maximum absolute atomic E-state index is 12.6. The summed E-state index contributed by atoms with van der Waals surface area (Å²) in [6.45, 7) is 13.8. The van der Waals surface area contributed by atoms with Crippen molar-refractivity contribution in [1.82, 2.24) is 27.4 Å². The molecule has 0 N–H and O–H groups in total. The van der Waals surface area contributed by atoms with E-state index in [-0.39, 0.29) is 65.7 Å². The molecule has 2 aromatic rings. The van der Waals surface area contributed by atoms with Crippen molar-refractivity contribution in [3.63, 3.8) is 0 Å². The molecular weight excluding hydrogens is 500 g/mol. The summed E-state index contributed by atoms with van der Waals surface area (Å²) in [6, 6.07) is 0. The lowest BCUT2D eigenvalue weighted by molar-refractivity contribution is 0.0403. The van der Waals surface area contributed by atoms with Crippen molar-refractivity contribution in [1.29, 1.82) is 0 Å². The van der Waals surface area contributed by atoms with Crippen molar-refractivity contribution in [2.75, 3.05) is 26.4 Å². The molecule has 2 rings (SSSR count). The van der Waals surface area contributed by atoms with Gasteiger partial charge in [-0.2, -0.15) is 0 Å². The van der Waals surface area contributed by atoms with Crippen LogP contribution in [0.4, 0.5) is 0 Å². The molecule has 0 spiro atoms. The Morgan fingerprint density at radius 1 is 0.421 bits per heavy atom. The summed E-state index contributed by atoms with van der Waals surface area (Å²) in [5.41, 5.74) is -4.59. The lowest BCUT2D eigenvalue weighted by Crippen LogP contribution is -2.54. The van der Waals surface area contributed by atoms with Crippen molar-refractivity contribution in [3.8, 4) is 0 Å². The summed E-state index contributed by atoms with van der Waals surface area (Å²) in [5, 5.41) is 0. The van der Waals surface area contributed by atoms with E-state index in [0.29, 0.717) is 0 Å². The molecule has 0 aliphatic carbocycles. The molecular formula is C24H32N6O8. The van der Waals surface area contributed by atoms with E-state index in [1.807, 2.05) is 0 Å². The molecule has 0 radical (unpaired) electrons. The average molecular weight is 533 g/mol. The van der Waals surface area contributed by atoms with Crippen LogP contribution in [0.15, 0.2) is 79.4 Å². The number of ether oxygens (including phenoxy) is 2. The van der Waals surface area contributed by atoms with Gasteiger partial charge in [-0.25, -0.2) is 56.2 Å². The highest BCUT2D eigenvalue weighted by Crippen LogP contribution is 1.85. The Hall–Kier alpha value is -4.30. The fourth-order valence-electron chi connectivity index (χ4n) is 3.52. The third-order valence-electron chi connectivity index (χ3n) is 5.31. The highest BCUT2D eigenvalue weighted by Gasteiger charge is 2.15. The molecule has 2 aromatic heterocycles. The number of hydrogen-bond acceptors (Lipinski definition) is 8.